The van der Waals surface area contributed by atoms with Crippen LogP contribution in [-0.2, 0) is 10.0 Å². The van der Waals surface area contributed by atoms with Crippen molar-refractivity contribution in [3.05, 3.63) is 29.8 Å². The number of aryl methyl sites for hydroxylation is 1. The van der Waals surface area contributed by atoms with Gasteiger partial charge in [-0.05, 0) is 37.8 Å². The SMILES string of the molecule is Cc1ccccc1S(=O)(=O)N(C)CCCCCO. The molecule has 102 valence electrons. The van der Waals surface area contributed by atoms with Crippen molar-refractivity contribution in [1.82, 2.24) is 4.31 Å². The molecule has 0 fully saturated rings. The summed E-state index contributed by atoms with van der Waals surface area (Å²) in [5.74, 6) is 0. The van der Waals surface area contributed by atoms with Crippen LogP contribution in [0.5, 0.6) is 0 Å². The molecule has 0 amide bonds. The summed E-state index contributed by atoms with van der Waals surface area (Å²) in [6, 6.07) is 7.00. The van der Waals surface area contributed by atoms with Crippen LogP contribution in [0.3, 0.4) is 0 Å². The zero-order valence-electron chi connectivity index (χ0n) is 11.0. The Morgan fingerprint density at radius 3 is 2.44 bits per heavy atom. The molecule has 0 saturated carbocycles. The topological polar surface area (TPSA) is 57.6 Å². The number of rotatable bonds is 7. The maximum atomic E-state index is 12.3. The van der Waals surface area contributed by atoms with Gasteiger partial charge in [0.2, 0.25) is 10.0 Å². The summed E-state index contributed by atoms with van der Waals surface area (Å²) in [5.41, 5.74) is 0.764. The zero-order chi connectivity index (χ0) is 13.6. The summed E-state index contributed by atoms with van der Waals surface area (Å²) >= 11 is 0. The van der Waals surface area contributed by atoms with E-state index >= 15 is 0 Å². The van der Waals surface area contributed by atoms with E-state index in [2.05, 4.69) is 0 Å². The fourth-order valence-corrected chi connectivity index (χ4v) is 3.19. The number of sulfonamides is 1. The highest BCUT2D eigenvalue weighted by Gasteiger charge is 2.21. The van der Waals surface area contributed by atoms with Gasteiger partial charge in [0, 0.05) is 20.2 Å². The maximum Gasteiger partial charge on any atom is 0.243 e. The number of nitrogens with zero attached hydrogens (tertiary/aromatic N) is 1. The highest BCUT2D eigenvalue weighted by Crippen LogP contribution is 2.18. The number of unbranched alkanes of at least 4 members (excludes halogenated alkanes) is 2. The lowest BCUT2D eigenvalue weighted by Crippen LogP contribution is -2.28. The Bertz CT molecular complexity index is 471. The second-order valence-corrected chi connectivity index (χ2v) is 6.39. The lowest BCUT2D eigenvalue weighted by atomic mass is 10.2. The van der Waals surface area contributed by atoms with Crippen LogP contribution in [0.4, 0.5) is 0 Å². The molecular formula is C13H21NO3S. The zero-order valence-corrected chi connectivity index (χ0v) is 11.8. The van der Waals surface area contributed by atoms with Crippen LogP contribution in [0.15, 0.2) is 29.2 Å². The molecule has 1 aromatic rings. The standard InChI is InChI=1S/C13H21NO3S/c1-12-8-4-5-9-13(12)18(16,17)14(2)10-6-3-7-11-15/h4-5,8-9,15H,3,6-7,10-11H2,1-2H3. The molecule has 1 rings (SSSR count). The molecule has 0 spiro atoms. The predicted octanol–water partition coefficient (Wildman–Crippen LogP) is 1.78. The molecule has 18 heavy (non-hydrogen) atoms. The highest BCUT2D eigenvalue weighted by molar-refractivity contribution is 7.89. The van der Waals surface area contributed by atoms with Crippen molar-refractivity contribution >= 4 is 10.0 Å². The van der Waals surface area contributed by atoms with Crippen LogP contribution in [0.25, 0.3) is 0 Å². The first kappa shape index (κ1) is 15.1. The van der Waals surface area contributed by atoms with Crippen LogP contribution < -0.4 is 0 Å². The molecule has 5 heteroatoms. The van der Waals surface area contributed by atoms with Gasteiger partial charge in [-0.3, -0.25) is 0 Å². The fraction of sp³-hybridized carbons (Fsp3) is 0.538. The van der Waals surface area contributed by atoms with Crippen molar-refractivity contribution in [1.29, 1.82) is 0 Å². The van der Waals surface area contributed by atoms with Crippen molar-refractivity contribution in [2.45, 2.75) is 31.1 Å². The third-order valence-electron chi connectivity index (χ3n) is 2.91. The van der Waals surface area contributed by atoms with Crippen molar-refractivity contribution in [2.24, 2.45) is 0 Å². The maximum absolute atomic E-state index is 12.3. The first-order valence-corrected chi connectivity index (χ1v) is 7.57. The van der Waals surface area contributed by atoms with E-state index < -0.39 is 10.0 Å². The van der Waals surface area contributed by atoms with Gasteiger partial charge in [0.25, 0.3) is 0 Å². The monoisotopic (exact) mass is 271 g/mol. The molecule has 0 radical (unpaired) electrons. The van der Waals surface area contributed by atoms with Gasteiger partial charge in [0.1, 0.15) is 0 Å². The first-order chi connectivity index (χ1) is 8.50. The molecule has 0 heterocycles. The van der Waals surface area contributed by atoms with E-state index in [4.69, 9.17) is 5.11 Å². The van der Waals surface area contributed by atoms with Gasteiger partial charge >= 0.3 is 0 Å². The smallest absolute Gasteiger partial charge is 0.243 e. The normalized spacial score (nSPS) is 12.0. The van der Waals surface area contributed by atoms with Crippen LogP contribution >= 0.6 is 0 Å². The average Bonchev–Trinajstić information content (AvgIpc) is 2.34. The van der Waals surface area contributed by atoms with Gasteiger partial charge in [-0.15, -0.1) is 0 Å². The largest absolute Gasteiger partial charge is 0.396 e. The number of benzene rings is 1. The van der Waals surface area contributed by atoms with Gasteiger partial charge in [-0.1, -0.05) is 18.2 Å². The van der Waals surface area contributed by atoms with E-state index in [0.717, 1.165) is 24.8 Å². The summed E-state index contributed by atoms with van der Waals surface area (Å²) in [6.07, 6.45) is 2.32. The number of hydrogen-bond donors (Lipinski definition) is 1. The second-order valence-electron chi connectivity index (χ2n) is 4.38. The Hall–Kier alpha value is -0.910. The van der Waals surface area contributed by atoms with Crippen LogP contribution in [0.2, 0.25) is 0 Å². The Morgan fingerprint density at radius 1 is 1.17 bits per heavy atom. The van der Waals surface area contributed by atoms with E-state index in [9.17, 15) is 8.42 Å². The summed E-state index contributed by atoms with van der Waals surface area (Å²) < 4.78 is 26.0. The molecule has 0 unspecified atom stereocenters. The first-order valence-electron chi connectivity index (χ1n) is 6.13. The van der Waals surface area contributed by atoms with E-state index in [1.807, 2.05) is 6.07 Å². The highest BCUT2D eigenvalue weighted by atomic mass is 32.2. The minimum atomic E-state index is -3.39. The lowest BCUT2D eigenvalue weighted by molar-refractivity contribution is 0.281. The number of aliphatic hydroxyl groups excluding tert-OH is 1. The molecular weight excluding hydrogens is 250 g/mol. The van der Waals surface area contributed by atoms with Crippen molar-refractivity contribution in [2.75, 3.05) is 20.2 Å². The van der Waals surface area contributed by atoms with Crippen molar-refractivity contribution in [3.63, 3.8) is 0 Å². The predicted molar refractivity (Wildman–Crippen MR) is 71.9 cm³/mol. The third kappa shape index (κ3) is 3.80. The Balaban J connectivity index is 2.72. The molecule has 1 N–H and O–H groups in total. The summed E-state index contributed by atoms with van der Waals surface area (Å²) in [7, 11) is -1.79. The Labute approximate surface area is 109 Å². The molecule has 0 aliphatic rings. The van der Waals surface area contributed by atoms with E-state index in [-0.39, 0.29) is 6.61 Å². The Morgan fingerprint density at radius 2 is 1.83 bits per heavy atom. The van der Waals surface area contributed by atoms with Crippen molar-refractivity contribution in [3.8, 4) is 0 Å². The average molecular weight is 271 g/mol. The summed E-state index contributed by atoms with van der Waals surface area (Å²) in [6.45, 7) is 2.44. The second kappa shape index (κ2) is 6.87. The molecule has 0 saturated heterocycles. The summed E-state index contributed by atoms with van der Waals surface area (Å²) in [4.78, 5) is 0.370. The summed E-state index contributed by atoms with van der Waals surface area (Å²) in [5, 5.41) is 8.67. The van der Waals surface area contributed by atoms with Gasteiger partial charge in [0.05, 0.1) is 4.90 Å². The molecule has 0 aromatic heterocycles. The minimum Gasteiger partial charge on any atom is -0.396 e. The molecule has 0 aliphatic carbocycles. The van der Waals surface area contributed by atoms with Crippen molar-refractivity contribution < 1.29 is 13.5 Å². The van der Waals surface area contributed by atoms with Crippen LogP contribution in [0, 0.1) is 6.92 Å². The molecule has 0 aliphatic heterocycles. The lowest BCUT2D eigenvalue weighted by Gasteiger charge is -2.18. The molecule has 0 bridgehead atoms. The molecule has 0 atom stereocenters. The molecule has 1 aromatic carbocycles. The number of aliphatic hydroxyl groups is 1. The quantitative estimate of drug-likeness (QED) is 0.769. The minimum absolute atomic E-state index is 0.161. The van der Waals surface area contributed by atoms with Gasteiger partial charge in [0.15, 0.2) is 0 Å². The third-order valence-corrected chi connectivity index (χ3v) is 4.93. The van der Waals surface area contributed by atoms with E-state index in [1.54, 1.807) is 32.2 Å². The van der Waals surface area contributed by atoms with Gasteiger partial charge in [-0.2, -0.15) is 0 Å². The number of hydrogen-bond acceptors (Lipinski definition) is 3. The van der Waals surface area contributed by atoms with E-state index in [0.29, 0.717) is 11.4 Å². The molecule has 4 nitrogen and oxygen atoms in total. The van der Waals surface area contributed by atoms with Crippen LogP contribution in [0.1, 0.15) is 24.8 Å². The van der Waals surface area contributed by atoms with Crippen LogP contribution in [-0.4, -0.2) is 38.0 Å². The van der Waals surface area contributed by atoms with Gasteiger partial charge in [-0.25, -0.2) is 12.7 Å². The Kier molecular flexibility index (Phi) is 5.78. The van der Waals surface area contributed by atoms with E-state index in [1.165, 1.54) is 4.31 Å². The van der Waals surface area contributed by atoms with Gasteiger partial charge < -0.3 is 5.11 Å². The fourth-order valence-electron chi connectivity index (χ4n) is 1.76.